The average molecular weight is 314 g/mol. The van der Waals surface area contributed by atoms with Crippen molar-refractivity contribution in [3.63, 3.8) is 0 Å². The Morgan fingerprint density at radius 3 is 2.52 bits per heavy atom. The summed E-state index contributed by atoms with van der Waals surface area (Å²) >= 11 is 1.58. The predicted molar refractivity (Wildman–Crippen MR) is 83.9 cm³/mol. The zero-order valence-corrected chi connectivity index (χ0v) is 13.6. The molecule has 3 N–H and O–H groups in total. The fourth-order valence-corrected chi connectivity index (χ4v) is 4.82. The SMILES string of the molecule is CC(C)C1SCC(C(=O)O)N1C(=O)C1CCCCCC1N. The van der Waals surface area contributed by atoms with Gasteiger partial charge in [-0.2, -0.15) is 0 Å². The van der Waals surface area contributed by atoms with Crippen LogP contribution in [0.4, 0.5) is 0 Å². The number of amides is 1. The van der Waals surface area contributed by atoms with Crippen LogP contribution in [0.3, 0.4) is 0 Å². The Morgan fingerprint density at radius 2 is 1.90 bits per heavy atom. The smallest absolute Gasteiger partial charge is 0.327 e. The summed E-state index contributed by atoms with van der Waals surface area (Å²) in [4.78, 5) is 26.1. The van der Waals surface area contributed by atoms with Gasteiger partial charge in [0.2, 0.25) is 5.91 Å². The topological polar surface area (TPSA) is 83.6 Å². The highest BCUT2D eigenvalue weighted by molar-refractivity contribution is 8.00. The first kappa shape index (κ1) is 16.6. The normalized spacial score (nSPS) is 34.0. The van der Waals surface area contributed by atoms with Crippen molar-refractivity contribution >= 4 is 23.6 Å². The number of hydrogen-bond donors (Lipinski definition) is 2. The molecule has 1 aliphatic carbocycles. The van der Waals surface area contributed by atoms with Crippen LogP contribution in [-0.2, 0) is 9.59 Å². The quantitative estimate of drug-likeness (QED) is 0.777. The number of carboxylic acids is 1. The summed E-state index contributed by atoms with van der Waals surface area (Å²) < 4.78 is 0. The van der Waals surface area contributed by atoms with Gasteiger partial charge in [0.1, 0.15) is 6.04 Å². The number of carboxylic acid groups (broad SMARTS) is 1. The number of nitrogens with two attached hydrogens (primary N) is 1. The predicted octanol–water partition coefficient (Wildman–Crippen LogP) is 1.90. The van der Waals surface area contributed by atoms with Crippen molar-refractivity contribution in [3.05, 3.63) is 0 Å². The number of rotatable bonds is 3. The maximum atomic E-state index is 13.0. The molecule has 1 saturated heterocycles. The van der Waals surface area contributed by atoms with E-state index in [1.807, 2.05) is 13.8 Å². The van der Waals surface area contributed by atoms with E-state index < -0.39 is 12.0 Å². The third-order valence-corrected chi connectivity index (χ3v) is 6.15. The number of carbonyl (C=O) groups excluding carboxylic acids is 1. The van der Waals surface area contributed by atoms with E-state index >= 15 is 0 Å². The van der Waals surface area contributed by atoms with Gasteiger partial charge >= 0.3 is 5.97 Å². The molecule has 4 atom stereocenters. The summed E-state index contributed by atoms with van der Waals surface area (Å²) in [6.45, 7) is 4.07. The largest absolute Gasteiger partial charge is 0.480 e. The van der Waals surface area contributed by atoms with Crippen molar-refractivity contribution in [3.8, 4) is 0 Å². The van der Waals surface area contributed by atoms with Crippen molar-refractivity contribution in [1.82, 2.24) is 4.90 Å². The van der Waals surface area contributed by atoms with E-state index in [1.54, 1.807) is 16.7 Å². The summed E-state index contributed by atoms with van der Waals surface area (Å²) in [5, 5.41) is 9.37. The zero-order valence-electron chi connectivity index (χ0n) is 12.8. The molecule has 2 fully saturated rings. The second kappa shape index (κ2) is 7.01. The van der Waals surface area contributed by atoms with Gasteiger partial charge in [0.05, 0.1) is 11.3 Å². The van der Waals surface area contributed by atoms with Crippen molar-refractivity contribution in [2.75, 3.05) is 5.75 Å². The fourth-order valence-electron chi connectivity index (χ4n) is 3.35. The van der Waals surface area contributed by atoms with Crippen molar-refractivity contribution in [1.29, 1.82) is 0 Å². The van der Waals surface area contributed by atoms with Gasteiger partial charge < -0.3 is 15.7 Å². The van der Waals surface area contributed by atoms with E-state index in [4.69, 9.17) is 5.73 Å². The van der Waals surface area contributed by atoms with Crippen LogP contribution in [0.15, 0.2) is 0 Å². The number of aliphatic carboxylic acids is 1. The minimum atomic E-state index is -0.902. The molecule has 0 bridgehead atoms. The number of thioether (sulfide) groups is 1. The van der Waals surface area contributed by atoms with Crippen molar-refractivity contribution in [2.45, 2.75) is 63.4 Å². The Labute approximate surface area is 130 Å². The Morgan fingerprint density at radius 1 is 1.24 bits per heavy atom. The Kier molecular flexibility index (Phi) is 5.54. The Balaban J connectivity index is 2.21. The molecule has 4 unspecified atom stereocenters. The lowest BCUT2D eigenvalue weighted by atomic mass is 9.93. The molecule has 21 heavy (non-hydrogen) atoms. The summed E-state index contributed by atoms with van der Waals surface area (Å²) in [7, 11) is 0. The van der Waals surface area contributed by atoms with Crippen LogP contribution in [0.25, 0.3) is 0 Å². The van der Waals surface area contributed by atoms with Crippen molar-refractivity contribution in [2.24, 2.45) is 17.6 Å². The maximum Gasteiger partial charge on any atom is 0.327 e. The van der Waals surface area contributed by atoms with Crippen LogP contribution >= 0.6 is 11.8 Å². The third kappa shape index (κ3) is 3.54. The molecule has 2 rings (SSSR count). The van der Waals surface area contributed by atoms with Gasteiger partial charge in [0.15, 0.2) is 0 Å². The number of nitrogens with zero attached hydrogens (tertiary/aromatic N) is 1. The first-order valence-corrected chi connectivity index (χ1v) is 8.90. The molecule has 0 aromatic rings. The Bertz CT molecular complexity index is 402. The van der Waals surface area contributed by atoms with E-state index in [2.05, 4.69) is 0 Å². The lowest BCUT2D eigenvalue weighted by Crippen LogP contribution is -2.52. The molecule has 1 aliphatic heterocycles. The number of carbonyl (C=O) groups is 2. The molecule has 5 nitrogen and oxygen atoms in total. The fraction of sp³-hybridized carbons (Fsp3) is 0.867. The number of hydrogen-bond acceptors (Lipinski definition) is 4. The highest BCUT2D eigenvalue weighted by Crippen LogP contribution is 2.37. The first-order valence-electron chi connectivity index (χ1n) is 7.85. The van der Waals surface area contributed by atoms with Gasteiger partial charge in [-0.1, -0.05) is 33.1 Å². The molecule has 0 spiro atoms. The molecule has 1 amide bonds. The van der Waals surface area contributed by atoms with E-state index in [0.29, 0.717) is 5.75 Å². The molecule has 0 aromatic carbocycles. The third-order valence-electron chi connectivity index (χ3n) is 4.53. The van der Waals surface area contributed by atoms with Gasteiger partial charge in [-0.05, 0) is 18.8 Å². The van der Waals surface area contributed by atoms with Crippen molar-refractivity contribution < 1.29 is 14.7 Å². The van der Waals surface area contributed by atoms with Gasteiger partial charge in [-0.3, -0.25) is 4.79 Å². The maximum absolute atomic E-state index is 13.0. The summed E-state index contributed by atoms with van der Waals surface area (Å²) in [6, 6.07) is -0.835. The van der Waals surface area contributed by atoms with Crippen LogP contribution < -0.4 is 5.73 Å². The first-order chi connectivity index (χ1) is 9.93. The van der Waals surface area contributed by atoms with Crippen LogP contribution in [0.5, 0.6) is 0 Å². The van der Waals surface area contributed by atoms with Crippen LogP contribution in [0, 0.1) is 11.8 Å². The van der Waals surface area contributed by atoms with Gasteiger partial charge in [-0.25, -0.2) is 4.79 Å². The summed E-state index contributed by atoms with van der Waals surface area (Å²) in [5.74, 6) is -0.437. The zero-order chi connectivity index (χ0) is 15.6. The Hall–Kier alpha value is -0.750. The minimum Gasteiger partial charge on any atom is -0.480 e. The molecule has 6 heteroatoms. The minimum absolute atomic E-state index is 0.0412. The summed E-state index contributed by atoms with van der Waals surface area (Å²) in [6.07, 6.45) is 4.84. The molecule has 0 radical (unpaired) electrons. The lowest BCUT2D eigenvalue weighted by Gasteiger charge is -2.34. The van der Waals surface area contributed by atoms with Crippen LogP contribution in [0.1, 0.15) is 46.0 Å². The van der Waals surface area contributed by atoms with Gasteiger partial charge in [-0.15, -0.1) is 11.8 Å². The molecule has 1 heterocycles. The second-order valence-corrected chi connectivity index (χ2v) is 7.63. The van der Waals surface area contributed by atoms with Crippen LogP contribution in [0.2, 0.25) is 0 Å². The van der Waals surface area contributed by atoms with Gasteiger partial charge in [0, 0.05) is 11.8 Å². The second-order valence-electron chi connectivity index (χ2n) is 6.48. The van der Waals surface area contributed by atoms with E-state index in [1.165, 1.54) is 0 Å². The van der Waals surface area contributed by atoms with E-state index in [-0.39, 0.29) is 29.2 Å². The van der Waals surface area contributed by atoms with Crippen LogP contribution in [-0.4, -0.2) is 45.1 Å². The monoisotopic (exact) mass is 314 g/mol. The molecule has 0 aromatic heterocycles. The lowest BCUT2D eigenvalue weighted by molar-refractivity contribution is -0.152. The standard InChI is InChI=1S/C15H26N2O3S/c1-9(2)14-17(12(8-21-14)15(19)20)13(18)10-6-4-3-5-7-11(10)16/h9-12,14H,3-8,16H2,1-2H3,(H,19,20). The molecule has 2 aliphatic rings. The highest BCUT2D eigenvalue weighted by Gasteiger charge is 2.45. The molecule has 1 saturated carbocycles. The molecular weight excluding hydrogens is 288 g/mol. The summed E-state index contributed by atoms with van der Waals surface area (Å²) in [5.41, 5.74) is 6.19. The average Bonchev–Trinajstić information content (AvgIpc) is 2.76. The molecular formula is C15H26N2O3S. The molecule has 120 valence electrons. The van der Waals surface area contributed by atoms with E-state index in [0.717, 1.165) is 32.1 Å². The highest BCUT2D eigenvalue weighted by atomic mass is 32.2. The van der Waals surface area contributed by atoms with E-state index in [9.17, 15) is 14.7 Å². The van der Waals surface area contributed by atoms with Gasteiger partial charge in [0.25, 0.3) is 0 Å².